The first-order valence-corrected chi connectivity index (χ1v) is 25.7. The van der Waals surface area contributed by atoms with Crippen LogP contribution < -0.4 is 13.6 Å². The van der Waals surface area contributed by atoms with Crippen LogP contribution in [0.5, 0.6) is 17.2 Å². The molecule has 0 radical (unpaired) electrons. The Hall–Kier alpha value is -2.51. The van der Waals surface area contributed by atoms with Gasteiger partial charge in [0, 0.05) is 0 Å². The smallest absolute Gasteiger partial charge is 0.408 e. The first kappa shape index (κ1) is 49.8. The molecule has 0 fully saturated rings. The normalized spacial score (nSPS) is 13.6. The van der Waals surface area contributed by atoms with E-state index < -0.39 is 8.60 Å². The molecule has 0 saturated heterocycles. The molecule has 0 heterocycles. The summed E-state index contributed by atoms with van der Waals surface area (Å²) in [6.45, 7) is 13.9. The molecule has 0 spiro atoms. The molecule has 0 aliphatic carbocycles. The van der Waals surface area contributed by atoms with Crippen LogP contribution >= 0.6 is 8.60 Å². The average Bonchev–Trinajstić information content (AvgIpc) is 3.24. The van der Waals surface area contributed by atoms with Gasteiger partial charge in [-0.05, 0) is 71.9 Å². The third-order valence-corrected chi connectivity index (χ3v) is 13.3. The number of hydrogen-bond acceptors (Lipinski definition) is 3. The zero-order valence-electron chi connectivity index (χ0n) is 38.4. The Kier molecular flexibility index (Phi) is 27.7. The van der Waals surface area contributed by atoms with Crippen molar-refractivity contribution in [2.45, 2.75) is 215 Å². The maximum atomic E-state index is 7.06. The fourth-order valence-electron chi connectivity index (χ4n) is 8.62. The first-order chi connectivity index (χ1) is 28.5. The van der Waals surface area contributed by atoms with Gasteiger partial charge in [-0.1, -0.05) is 250 Å². The van der Waals surface area contributed by atoms with Crippen molar-refractivity contribution >= 4 is 8.60 Å². The minimum absolute atomic E-state index is 0.658. The Morgan fingerprint density at radius 2 is 0.586 bits per heavy atom. The number of rotatable bonds is 36. The molecule has 3 aromatic rings. The van der Waals surface area contributed by atoms with E-state index in [1.807, 2.05) is 0 Å². The Balaban J connectivity index is 1.96. The molecular formula is C54H87O3P. The van der Waals surface area contributed by atoms with Crippen molar-refractivity contribution in [3.8, 4) is 17.2 Å². The molecule has 4 heteroatoms. The maximum absolute atomic E-state index is 7.06. The van der Waals surface area contributed by atoms with Crippen molar-refractivity contribution in [2.75, 3.05) is 0 Å². The minimum atomic E-state index is -1.79. The van der Waals surface area contributed by atoms with Gasteiger partial charge < -0.3 is 13.6 Å². The second-order valence-electron chi connectivity index (χ2n) is 17.5. The minimum Gasteiger partial charge on any atom is -0.408 e. The van der Waals surface area contributed by atoms with Gasteiger partial charge in [0.15, 0.2) is 0 Å². The van der Waals surface area contributed by atoms with Gasteiger partial charge in [-0.15, -0.1) is 0 Å². The Labute approximate surface area is 360 Å². The largest absolute Gasteiger partial charge is 0.530 e. The van der Waals surface area contributed by atoms with E-state index in [4.69, 9.17) is 13.6 Å². The van der Waals surface area contributed by atoms with Crippen molar-refractivity contribution in [1.82, 2.24) is 0 Å². The lowest BCUT2D eigenvalue weighted by Crippen LogP contribution is -2.11. The third kappa shape index (κ3) is 20.6. The summed E-state index contributed by atoms with van der Waals surface area (Å²) in [5.41, 5.74) is 3.83. The molecule has 3 nitrogen and oxygen atoms in total. The van der Waals surface area contributed by atoms with E-state index in [9.17, 15) is 0 Å². The van der Waals surface area contributed by atoms with Gasteiger partial charge in [0.2, 0.25) is 0 Å². The molecule has 0 amide bonds. The van der Waals surface area contributed by atoms with Crippen LogP contribution in [-0.4, -0.2) is 0 Å². The van der Waals surface area contributed by atoms with Crippen LogP contribution in [0, 0.1) is 17.8 Å². The number of benzene rings is 3. The van der Waals surface area contributed by atoms with E-state index in [1.54, 1.807) is 0 Å². The molecule has 58 heavy (non-hydrogen) atoms. The van der Waals surface area contributed by atoms with Crippen molar-refractivity contribution in [3.63, 3.8) is 0 Å². The van der Waals surface area contributed by atoms with Crippen LogP contribution in [0.2, 0.25) is 0 Å². The second-order valence-corrected chi connectivity index (χ2v) is 18.5. The van der Waals surface area contributed by atoms with E-state index >= 15 is 0 Å². The van der Waals surface area contributed by atoms with Crippen molar-refractivity contribution in [1.29, 1.82) is 0 Å². The maximum Gasteiger partial charge on any atom is 0.530 e. The lowest BCUT2D eigenvalue weighted by molar-refractivity contribution is 0.367. The molecule has 0 aliphatic heterocycles. The molecule has 0 aliphatic rings. The summed E-state index contributed by atoms with van der Waals surface area (Å²) in [6.07, 6.45) is 34.1. The quantitative estimate of drug-likeness (QED) is 0.0432. The van der Waals surface area contributed by atoms with E-state index in [0.717, 1.165) is 36.5 Å². The van der Waals surface area contributed by atoms with Crippen molar-refractivity contribution < 1.29 is 13.6 Å². The Bertz CT molecular complexity index is 1250. The average molecular weight is 815 g/mol. The highest BCUT2D eigenvalue weighted by molar-refractivity contribution is 7.43. The predicted molar refractivity (Wildman–Crippen MR) is 255 cm³/mol. The van der Waals surface area contributed by atoms with Gasteiger partial charge in [0.25, 0.3) is 0 Å². The summed E-state index contributed by atoms with van der Waals surface area (Å²) in [4.78, 5) is 0. The molecule has 0 N–H and O–H groups in total. The van der Waals surface area contributed by atoms with Crippen LogP contribution in [0.25, 0.3) is 0 Å². The summed E-state index contributed by atoms with van der Waals surface area (Å²) in [5.74, 6) is 4.70. The summed E-state index contributed by atoms with van der Waals surface area (Å²) < 4.78 is 21.2. The van der Waals surface area contributed by atoms with Crippen LogP contribution in [0.15, 0.2) is 72.8 Å². The molecule has 0 bridgehead atoms. The summed E-state index contributed by atoms with van der Waals surface area (Å²) in [7, 11) is -1.79. The first-order valence-electron chi connectivity index (χ1n) is 24.6. The molecule has 3 rings (SSSR count). The summed E-state index contributed by atoms with van der Waals surface area (Å²) in [6, 6.07) is 26.2. The third-order valence-electron chi connectivity index (χ3n) is 12.3. The lowest BCUT2D eigenvalue weighted by atomic mass is 9.89. The standard InChI is InChI=1S/C54H87O3P/c1-7-13-19-22-34-46(31-16-10-4)43-49-37-25-28-40-52(49)55-58(56-53-41-29-26-38-50(53)44-47(32-17-11-5)35-23-20-14-8-2)57-54-42-30-27-39-51(54)45-48(33-18-12-6)36-24-21-15-9-3/h25-30,37-42,46-48H,7-24,31-36,43-45H2,1-6H3. The van der Waals surface area contributed by atoms with Crippen molar-refractivity contribution in [2.24, 2.45) is 17.8 Å². The monoisotopic (exact) mass is 815 g/mol. The van der Waals surface area contributed by atoms with Crippen LogP contribution in [0.3, 0.4) is 0 Å². The molecular weight excluding hydrogens is 728 g/mol. The fraction of sp³-hybridized carbons (Fsp3) is 0.667. The summed E-state index contributed by atoms with van der Waals surface area (Å²) in [5, 5.41) is 0. The Morgan fingerprint density at radius 1 is 0.328 bits per heavy atom. The van der Waals surface area contributed by atoms with Gasteiger partial charge in [-0.25, -0.2) is 0 Å². The second kappa shape index (κ2) is 32.3. The zero-order valence-corrected chi connectivity index (χ0v) is 39.3. The molecule has 0 saturated carbocycles. The molecule has 0 aromatic heterocycles. The van der Waals surface area contributed by atoms with E-state index in [1.165, 1.54) is 171 Å². The van der Waals surface area contributed by atoms with E-state index in [-0.39, 0.29) is 0 Å². The highest BCUT2D eigenvalue weighted by Crippen LogP contribution is 2.46. The Morgan fingerprint density at radius 3 is 0.862 bits per heavy atom. The molecule has 3 atom stereocenters. The molecule has 3 aromatic carbocycles. The number of hydrogen-bond donors (Lipinski definition) is 0. The zero-order chi connectivity index (χ0) is 41.5. The predicted octanol–water partition coefficient (Wildman–Crippen LogP) is 18.4. The van der Waals surface area contributed by atoms with E-state index in [2.05, 4.69) is 114 Å². The number of para-hydroxylation sites is 3. The van der Waals surface area contributed by atoms with Gasteiger partial charge in [-0.3, -0.25) is 0 Å². The lowest BCUT2D eigenvalue weighted by Gasteiger charge is -2.25. The molecule has 326 valence electrons. The highest BCUT2D eigenvalue weighted by atomic mass is 31.2. The summed E-state index contributed by atoms with van der Waals surface area (Å²) >= 11 is 0. The van der Waals surface area contributed by atoms with Crippen LogP contribution in [0.1, 0.15) is 212 Å². The van der Waals surface area contributed by atoms with Crippen LogP contribution in [-0.2, 0) is 19.3 Å². The molecule has 3 unspecified atom stereocenters. The highest BCUT2D eigenvalue weighted by Gasteiger charge is 2.26. The SMILES string of the molecule is CCCCCCC(CCCC)Cc1ccccc1OP(Oc1ccccc1CC(CCCC)CCCCCC)Oc1ccccc1CC(CCCC)CCCCCC. The topological polar surface area (TPSA) is 27.7 Å². The van der Waals surface area contributed by atoms with Crippen molar-refractivity contribution in [3.05, 3.63) is 89.5 Å². The van der Waals surface area contributed by atoms with Gasteiger partial charge in [-0.2, -0.15) is 0 Å². The van der Waals surface area contributed by atoms with Gasteiger partial charge in [0.05, 0.1) is 0 Å². The number of unbranched alkanes of at least 4 members (excludes halogenated alkanes) is 12. The van der Waals surface area contributed by atoms with Crippen LogP contribution in [0.4, 0.5) is 0 Å². The van der Waals surface area contributed by atoms with E-state index in [0.29, 0.717) is 17.8 Å². The fourth-order valence-corrected chi connectivity index (χ4v) is 9.75. The van der Waals surface area contributed by atoms with Gasteiger partial charge in [0.1, 0.15) is 17.2 Å². The van der Waals surface area contributed by atoms with Gasteiger partial charge >= 0.3 is 8.60 Å².